The number of ether oxygens (including phenoxy) is 2. The molecule has 2 N–H and O–H groups in total. The number of aryl methyl sites for hydroxylation is 1. The molecule has 1 saturated heterocycles. The van der Waals surface area contributed by atoms with Gasteiger partial charge in [0.25, 0.3) is 11.8 Å². The minimum atomic E-state index is -1.14. The van der Waals surface area contributed by atoms with E-state index < -0.39 is 29.9 Å². The number of imide groups is 2. The molecule has 9 nitrogen and oxygen atoms in total. The SMILES string of the molecule is COc1cc(/C=C2\C(=O)NC(=O)N(c3ccc(Br)cc3C)C2=O)ccc1O[C@@H](C)C(=O)O. The molecule has 0 aromatic heterocycles. The Hall–Kier alpha value is -3.66. The summed E-state index contributed by atoms with van der Waals surface area (Å²) in [5, 5.41) is 11.2. The number of carboxylic acid groups (broad SMARTS) is 1. The predicted molar refractivity (Wildman–Crippen MR) is 119 cm³/mol. The molecule has 0 bridgehead atoms. The fourth-order valence-electron chi connectivity index (χ4n) is 3.02. The standard InChI is InChI=1S/C22H19BrN2O7/c1-11-8-14(23)5-6-16(11)25-20(27)15(19(26)24-22(25)30)9-13-4-7-17(18(10-13)31-3)32-12(2)21(28)29/h4-10,12H,1-3H3,(H,28,29)(H,24,26,30)/b15-9+/t12-/m0/s1. The van der Waals surface area contributed by atoms with E-state index in [2.05, 4.69) is 21.2 Å². The number of benzene rings is 2. The average Bonchev–Trinajstić information content (AvgIpc) is 2.73. The van der Waals surface area contributed by atoms with Gasteiger partial charge in [-0.2, -0.15) is 0 Å². The first-order chi connectivity index (χ1) is 15.1. The van der Waals surface area contributed by atoms with Crippen LogP contribution in [0.25, 0.3) is 6.08 Å². The van der Waals surface area contributed by atoms with Crippen LogP contribution in [0.15, 0.2) is 46.4 Å². The minimum absolute atomic E-state index is 0.186. The maximum atomic E-state index is 13.1. The molecular weight excluding hydrogens is 484 g/mol. The van der Waals surface area contributed by atoms with Crippen molar-refractivity contribution in [3.05, 3.63) is 57.6 Å². The quantitative estimate of drug-likeness (QED) is 0.458. The molecule has 0 spiro atoms. The number of nitrogens with one attached hydrogen (secondary N) is 1. The molecule has 166 valence electrons. The Labute approximate surface area is 191 Å². The number of carbonyl (C=O) groups excluding carboxylic acids is 3. The largest absolute Gasteiger partial charge is 0.493 e. The van der Waals surface area contributed by atoms with Crippen molar-refractivity contribution in [2.45, 2.75) is 20.0 Å². The molecule has 10 heteroatoms. The number of barbiturate groups is 1. The fourth-order valence-corrected chi connectivity index (χ4v) is 3.50. The molecule has 1 heterocycles. The summed E-state index contributed by atoms with van der Waals surface area (Å²) in [4.78, 5) is 49.8. The zero-order valence-electron chi connectivity index (χ0n) is 17.3. The topological polar surface area (TPSA) is 122 Å². The summed E-state index contributed by atoms with van der Waals surface area (Å²) in [5.74, 6) is -2.34. The highest BCUT2D eigenvalue weighted by atomic mass is 79.9. The van der Waals surface area contributed by atoms with Crippen molar-refractivity contribution in [2.24, 2.45) is 0 Å². The first kappa shape index (κ1) is 23.0. The Morgan fingerprint density at radius 3 is 2.50 bits per heavy atom. The van der Waals surface area contributed by atoms with Gasteiger partial charge in [0.1, 0.15) is 5.57 Å². The van der Waals surface area contributed by atoms with Crippen LogP contribution in [0, 0.1) is 6.92 Å². The third kappa shape index (κ3) is 4.65. The highest BCUT2D eigenvalue weighted by Crippen LogP contribution is 2.31. The number of nitrogens with zero attached hydrogens (tertiary/aromatic N) is 1. The zero-order valence-corrected chi connectivity index (χ0v) is 18.9. The highest BCUT2D eigenvalue weighted by Gasteiger charge is 2.37. The smallest absolute Gasteiger partial charge is 0.344 e. The summed E-state index contributed by atoms with van der Waals surface area (Å²) in [7, 11) is 1.37. The number of carboxylic acids is 1. The molecule has 0 aliphatic carbocycles. The Kier molecular flexibility index (Phi) is 6.64. The molecule has 2 aromatic carbocycles. The third-order valence-corrected chi connectivity index (χ3v) is 5.14. The molecule has 3 rings (SSSR count). The van der Waals surface area contributed by atoms with Crippen LogP contribution in [0.2, 0.25) is 0 Å². The van der Waals surface area contributed by atoms with Crippen molar-refractivity contribution in [1.29, 1.82) is 0 Å². The van der Waals surface area contributed by atoms with Crippen LogP contribution in [-0.2, 0) is 14.4 Å². The second-order valence-electron chi connectivity index (χ2n) is 6.90. The van der Waals surface area contributed by atoms with Crippen molar-refractivity contribution >= 4 is 51.5 Å². The van der Waals surface area contributed by atoms with E-state index in [1.807, 2.05) is 0 Å². The van der Waals surface area contributed by atoms with Crippen LogP contribution in [0.1, 0.15) is 18.1 Å². The minimum Gasteiger partial charge on any atom is -0.493 e. The Bertz CT molecular complexity index is 1160. The van der Waals surface area contributed by atoms with E-state index in [1.54, 1.807) is 25.1 Å². The van der Waals surface area contributed by atoms with E-state index in [4.69, 9.17) is 14.6 Å². The van der Waals surface area contributed by atoms with E-state index >= 15 is 0 Å². The molecule has 0 unspecified atom stereocenters. The van der Waals surface area contributed by atoms with Gasteiger partial charge in [-0.3, -0.25) is 14.9 Å². The molecule has 1 fully saturated rings. The Balaban J connectivity index is 1.97. The molecule has 0 radical (unpaired) electrons. The molecule has 1 atom stereocenters. The van der Waals surface area contributed by atoms with Crippen LogP contribution in [0.4, 0.5) is 10.5 Å². The van der Waals surface area contributed by atoms with Gasteiger partial charge in [-0.05, 0) is 61.4 Å². The molecule has 4 amide bonds. The number of urea groups is 1. The monoisotopic (exact) mass is 502 g/mol. The van der Waals surface area contributed by atoms with E-state index in [0.29, 0.717) is 16.8 Å². The number of hydrogen-bond acceptors (Lipinski definition) is 6. The van der Waals surface area contributed by atoms with E-state index in [-0.39, 0.29) is 17.1 Å². The zero-order chi connectivity index (χ0) is 23.6. The van der Waals surface area contributed by atoms with Crippen molar-refractivity contribution in [3.63, 3.8) is 0 Å². The fraction of sp³-hybridized carbons (Fsp3) is 0.182. The number of amides is 4. The number of halogens is 1. The maximum Gasteiger partial charge on any atom is 0.344 e. The van der Waals surface area contributed by atoms with Gasteiger partial charge in [-0.25, -0.2) is 14.5 Å². The molecular formula is C22H19BrN2O7. The molecule has 1 aliphatic heterocycles. The Morgan fingerprint density at radius 2 is 1.88 bits per heavy atom. The summed E-state index contributed by atoms with van der Waals surface area (Å²) in [6.45, 7) is 3.11. The molecule has 1 aliphatic rings. The van der Waals surface area contributed by atoms with Crippen LogP contribution < -0.4 is 19.7 Å². The molecule has 32 heavy (non-hydrogen) atoms. The summed E-state index contributed by atoms with van der Waals surface area (Å²) in [6, 6.07) is 8.68. The van der Waals surface area contributed by atoms with E-state index in [0.717, 1.165) is 9.37 Å². The van der Waals surface area contributed by atoms with Gasteiger partial charge in [0.15, 0.2) is 17.6 Å². The first-order valence-corrected chi connectivity index (χ1v) is 10.2. The maximum absolute atomic E-state index is 13.1. The molecule has 0 saturated carbocycles. The van der Waals surface area contributed by atoms with E-state index in [9.17, 15) is 19.2 Å². The second-order valence-corrected chi connectivity index (χ2v) is 7.81. The van der Waals surface area contributed by atoms with Crippen molar-refractivity contribution < 1.29 is 33.8 Å². The van der Waals surface area contributed by atoms with Crippen LogP contribution in [-0.4, -0.2) is 42.1 Å². The number of carbonyl (C=O) groups is 4. The highest BCUT2D eigenvalue weighted by molar-refractivity contribution is 9.10. The first-order valence-electron chi connectivity index (χ1n) is 9.37. The normalized spacial score (nSPS) is 16.1. The van der Waals surface area contributed by atoms with Gasteiger partial charge < -0.3 is 14.6 Å². The van der Waals surface area contributed by atoms with Crippen LogP contribution in [0.5, 0.6) is 11.5 Å². The lowest BCUT2D eigenvalue weighted by molar-refractivity contribution is -0.144. The second kappa shape index (κ2) is 9.23. The van der Waals surface area contributed by atoms with Crippen molar-refractivity contribution in [2.75, 3.05) is 12.0 Å². The predicted octanol–water partition coefficient (Wildman–Crippen LogP) is 3.28. The average molecular weight is 503 g/mol. The summed E-state index contributed by atoms with van der Waals surface area (Å²) in [5.41, 5.74) is 1.17. The third-order valence-electron chi connectivity index (χ3n) is 4.65. The van der Waals surface area contributed by atoms with Crippen molar-refractivity contribution in [3.8, 4) is 11.5 Å². The summed E-state index contributed by atoms with van der Waals surface area (Å²) in [6.07, 6.45) is 0.214. The van der Waals surface area contributed by atoms with Crippen LogP contribution in [0.3, 0.4) is 0 Å². The lowest BCUT2D eigenvalue weighted by atomic mass is 10.1. The number of aliphatic carboxylic acids is 1. The van der Waals surface area contributed by atoms with Gasteiger partial charge in [0.2, 0.25) is 0 Å². The number of methoxy groups -OCH3 is 1. The van der Waals surface area contributed by atoms with Crippen LogP contribution >= 0.6 is 15.9 Å². The summed E-state index contributed by atoms with van der Waals surface area (Å²) >= 11 is 3.33. The lowest BCUT2D eigenvalue weighted by Crippen LogP contribution is -2.54. The van der Waals surface area contributed by atoms with Gasteiger partial charge in [-0.1, -0.05) is 22.0 Å². The Morgan fingerprint density at radius 1 is 1.16 bits per heavy atom. The van der Waals surface area contributed by atoms with Gasteiger partial charge in [0.05, 0.1) is 12.8 Å². The lowest BCUT2D eigenvalue weighted by Gasteiger charge is -2.27. The number of anilines is 1. The summed E-state index contributed by atoms with van der Waals surface area (Å²) < 4.78 is 11.4. The molecule has 2 aromatic rings. The number of hydrogen-bond donors (Lipinski definition) is 2. The van der Waals surface area contributed by atoms with Gasteiger partial charge >= 0.3 is 12.0 Å². The van der Waals surface area contributed by atoms with Gasteiger partial charge in [0, 0.05) is 4.47 Å². The number of rotatable bonds is 6. The van der Waals surface area contributed by atoms with E-state index in [1.165, 1.54) is 38.3 Å². The van der Waals surface area contributed by atoms with Crippen molar-refractivity contribution in [1.82, 2.24) is 5.32 Å². The van der Waals surface area contributed by atoms with Gasteiger partial charge in [-0.15, -0.1) is 0 Å².